The molecule has 0 amide bonds. The molecule has 1 aromatic heterocycles. The monoisotopic (exact) mass is 540 g/mol. The van der Waals surface area contributed by atoms with Crippen LogP contribution in [0.4, 0.5) is 0 Å². The summed E-state index contributed by atoms with van der Waals surface area (Å²) < 4.78 is 5.49. The van der Waals surface area contributed by atoms with Gasteiger partial charge in [-0.3, -0.25) is 0 Å². The molecular weight excluding hydrogens is 488 g/mol. The summed E-state index contributed by atoms with van der Waals surface area (Å²) >= 11 is 0. The highest BCUT2D eigenvalue weighted by molar-refractivity contribution is 5.25. The predicted octanol–water partition coefficient (Wildman–Crippen LogP) is 7.34. The zero-order valence-electron chi connectivity index (χ0n) is 25.6. The Labute approximate surface area is 236 Å². The van der Waals surface area contributed by atoms with Gasteiger partial charge in [0, 0.05) is 17.4 Å². The second-order valence-electron chi connectivity index (χ2n) is 11.1. The fourth-order valence-corrected chi connectivity index (χ4v) is 4.60. The van der Waals surface area contributed by atoms with Crippen LogP contribution in [-0.4, -0.2) is 33.6 Å². The lowest BCUT2D eigenvalue weighted by Gasteiger charge is -2.24. The van der Waals surface area contributed by atoms with Crippen LogP contribution in [0.1, 0.15) is 105 Å². The summed E-state index contributed by atoms with van der Waals surface area (Å²) in [5.41, 5.74) is 5.63. The Morgan fingerprint density at radius 2 is 1.59 bits per heavy atom. The zero-order valence-corrected chi connectivity index (χ0v) is 25.6. The molecule has 0 aromatic carbocycles. The number of hydrogen-bond donors (Lipinski definition) is 3. The fraction of sp³-hybridized carbons (Fsp3) is 0.559. The molecular formula is C34H52O5. The van der Waals surface area contributed by atoms with Crippen molar-refractivity contribution in [3.63, 3.8) is 0 Å². The molecule has 0 aliphatic rings. The van der Waals surface area contributed by atoms with Crippen molar-refractivity contribution in [1.29, 1.82) is 0 Å². The molecule has 5 heteroatoms. The average Bonchev–Trinajstić information content (AvgIpc) is 2.90. The molecule has 3 N–H and O–H groups in total. The van der Waals surface area contributed by atoms with Crippen LogP contribution in [0.3, 0.4) is 0 Å². The molecule has 218 valence electrons. The Morgan fingerprint density at radius 1 is 0.923 bits per heavy atom. The number of rotatable bonds is 15. The van der Waals surface area contributed by atoms with E-state index in [0.29, 0.717) is 30.6 Å². The Bertz CT molecular complexity index is 1110. The average molecular weight is 541 g/mol. The van der Waals surface area contributed by atoms with Gasteiger partial charge in [0.1, 0.15) is 5.76 Å². The molecule has 0 aliphatic carbocycles. The van der Waals surface area contributed by atoms with Crippen molar-refractivity contribution in [2.75, 3.05) is 0 Å². The molecule has 0 unspecified atom stereocenters. The maximum absolute atomic E-state index is 12.2. The van der Waals surface area contributed by atoms with Gasteiger partial charge in [-0.25, -0.2) is 4.79 Å². The highest BCUT2D eigenvalue weighted by Crippen LogP contribution is 2.24. The van der Waals surface area contributed by atoms with Gasteiger partial charge in [0.05, 0.1) is 18.3 Å². The third kappa shape index (κ3) is 11.7. The van der Waals surface area contributed by atoms with E-state index in [9.17, 15) is 20.1 Å². The number of aliphatic hydroxyl groups is 3. The van der Waals surface area contributed by atoms with Crippen LogP contribution in [0, 0.1) is 5.92 Å². The highest BCUT2D eigenvalue weighted by atomic mass is 16.4. The van der Waals surface area contributed by atoms with E-state index < -0.39 is 18.3 Å². The largest absolute Gasteiger partial charge is 0.427 e. The summed E-state index contributed by atoms with van der Waals surface area (Å²) in [7, 11) is 0. The maximum Gasteiger partial charge on any atom is 0.339 e. The Kier molecular flexibility index (Phi) is 15.3. The number of aryl methyl sites for hydroxylation is 1. The third-order valence-electron chi connectivity index (χ3n) is 7.48. The van der Waals surface area contributed by atoms with Gasteiger partial charge >= 0.3 is 5.63 Å². The van der Waals surface area contributed by atoms with Crippen molar-refractivity contribution in [2.24, 2.45) is 5.92 Å². The van der Waals surface area contributed by atoms with Crippen molar-refractivity contribution in [1.82, 2.24) is 0 Å². The van der Waals surface area contributed by atoms with Gasteiger partial charge in [-0.15, -0.1) is 0 Å². The van der Waals surface area contributed by atoms with E-state index in [0.717, 1.165) is 29.6 Å². The predicted molar refractivity (Wildman–Crippen MR) is 163 cm³/mol. The van der Waals surface area contributed by atoms with Crippen LogP contribution in [0.15, 0.2) is 79.6 Å². The van der Waals surface area contributed by atoms with Crippen LogP contribution in [-0.2, 0) is 6.42 Å². The van der Waals surface area contributed by atoms with Crippen molar-refractivity contribution in [3.05, 3.63) is 92.1 Å². The highest BCUT2D eigenvalue weighted by Gasteiger charge is 2.23. The standard InChI is InChI=1S/C34H52O5/c1-10-13-29-17-19-31(39-34(29)38)28(9)33(37)26(7)15-12-14-22(3)20-24(5)21-23(4)16-18-30(35)27(8)32(36)25(6)11-2/h11,14-17,19,21,27-28,30,32-33,35-37H,10,12-13,18,20H2,1-9H3/b22-14+,23-16+,24-21+,25-11+,26-15+/t27-,28-,30-,32-,33+/m0/s1. The van der Waals surface area contributed by atoms with Crippen LogP contribution < -0.4 is 5.63 Å². The van der Waals surface area contributed by atoms with Gasteiger partial charge in [0.25, 0.3) is 0 Å². The fourth-order valence-electron chi connectivity index (χ4n) is 4.60. The second kappa shape index (κ2) is 17.3. The molecule has 0 fully saturated rings. The van der Waals surface area contributed by atoms with Crippen LogP contribution in [0.25, 0.3) is 0 Å². The molecule has 1 rings (SSSR count). The molecule has 1 aromatic rings. The molecule has 0 bridgehead atoms. The van der Waals surface area contributed by atoms with E-state index in [1.54, 1.807) is 6.07 Å². The Hall–Kier alpha value is -2.47. The molecule has 0 saturated carbocycles. The van der Waals surface area contributed by atoms with Crippen LogP contribution in [0.5, 0.6) is 0 Å². The van der Waals surface area contributed by atoms with Gasteiger partial charge in [0.15, 0.2) is 0 Å². The molecule has 5 nitrogen and oxygen atoms in total. The topological polar surface area (TPSA) is 90.9 Å². The number of hydrogen-bond acceptors (Lipinski definition) is 5. The molecule has 0 radical (unpaired) electrons. The molecule has 0 saturated heterocycles. The number of aliphatic hydroxyl groups excluding tert-OH is 3. The quantitative estimate of drug-likeness (QED) is 0.160. The second-order valence-corrected chi connectivity index (χ2v) is 11.1. The van der Waals surface area contributed by atoms with Gasteiger partial charge in [0.2, 0.25) is 0 Å². The summed E-state index contributed by atoms with van der Waals surface area (Å²) in [5, 5.41) is 31.6. The summed E-state index contributed by atoms with van der Waals surface area (Å²) in [4.78, 5) is 12.2. The summed E-state index contributed by atoms with van der Waals surface area (Å²) in [5.74, 6) is -0.0444. The van der Waals surface area contributed by atoms with Crippen molar-refractivity contribution in [2.45, 2.75) is 119 Å². The van der Waals surface area contributed by atoms with E-state index in [2.05, 4.69) is 26.0 Å². The lowest BCUT2D eigenvalue weighted by molar-refractivity contribution is 0.0415. The molecule has 5 atom stereocenters. The lowest BCUT2D eigenvalue weighted by atomic mass is 9.91. The van der Waals surface area contributed by atoms with Gasteiger partial charge in [-0.2, -0.15) is 0 Å². The zero-order chi connectivity index (χ0) is 29.7. The first-order valence-corrected chi connectivity index (χ1v) is 14.3. The van der Waals surface area contributed by atoms with E-state index in [4.69, 9.17) is 4.42 Å². The minimum absolute atomic E-state index is 0.233. The van der Waals surface area contributed by atoms with Gasteiger partial charge in [-0.1, -0.05) is 74.3 Å². The van der Waals surface area contributed by atoms with Crippen LogP contribution >= 0.6 is 0 Å². The molecule has 0 spiro atoms. The van der Waals surface area contributed by atoms with Crippen LogP contribution in [0.2, 0.25) is 0 Å². The first-order valence-electron chi connectivity index (χ1n) is 14.3. The smallest absolute Gasteiger partial charge is 0.339 e. The first kappa shape index (κ1) is 34.6. The SMILES string of the molecule is C/C=C(\C)[C@H](O)[C@@H](C)[C@@H](O)C/C=C(C)/C=C(\C)C/C(C)=C/C/C=C(\C)[C@@H](O)[C@@H](C)c1ccc(CCC)c(=O)o1. The Balaban J connectivity index is 2.70. The minimum atomic E-state index is -0.727. The van der Waals surface area contributed by atoms with Gasteiger partial charge < -0.3 is 19.7 Å². The Morgan fingerprint density at radius 3 is 2.18 bits per heavy atom. The summed E-state index contributed by atoms with van der Waals surface area (Å²) in [6.45, 7) is 17.7. The van der Waals surface area contributed by atoms with Crippen molar-refractivity contribution in [3.8, 4) is 0 Å². The first-order chi connectivity index (χ1) is 18.3. The maximum atomic E-state index is 12.2. The molecule has 0 aliphatic heterocycles. The minimum Gasteiger partial charge on any atom is -0.427 e. The molecule has 39 heavy (non-hydrogen) atoms. The summed E-state index contributed by atoms with van der Waals surface area (Å²) in [6.07, 6.45) is 11.9. The van der Waals surface area contributed by atoms with Crippen molar-refractivity contribution < 1.29 is 19.7 Å². The number of allylic oxidation sites excluding steroid dienone is 7. The van der Waals surface area contributed by atoms with E-state index in [-0.39, 0.29) is 17.5 Å². The van der Waals surface area contributed by atoms with E-state index >= 15 is 0 Å². The van der Waals surface area contributed by atoms with E-state index in [1.807, 2.05) is 72.8 Å². The van der Waals surface area contributed by atoms with E-state index in [1.165, 1.54) is 11.1 Å². The van der Waals surface area contributed by atoms with Gasteiger partial charge in [-0.05, 0) is 90.5 Å². The molecule has 1 heterocycles. The third-order valence-corrected chi connectivity index (χ3v) is 7.48. The van der Waals surface area contributed by atoms with Crippen molar-refractivity contribution >= 4 is 0 Å². The summed E-state index contributed by atoms with van der Waals surface area (Å²) in [6, 6.07) is 3.61. The lowest BCUT2D eigenvalue weighted by Crippen LogP contribution is -2.29. The normalized spacial score (nSPS) is 18.1.